The molecule has 0 unspecified atom stereocenters. The van der Waals surface area contributed by atoms with Gasteiger partial charge in [-0.15, -0.1) is 0 Å². The van der Waals surface area contributed by atoms with Crippen LogP contribution in [-0.4, -0.2) is 26.4 Å². The maximum Gasteiger partial charge on any atom is 0.235 e. The highest BCUT2D eigenvalue weighted by atomic mass is 32.2. The Bertz CT molecular complexity index is 871. The number of thioether (sulfide) groups is 1. The lowest BCUT2D eigenvalue weighted by atomic mass is 10.3. The lowest BCUT2D eigenvalue weighted by Crippen LogP contribution is -2.17. The maximum atomic E-state index is 12.2. The smallest absolute Gasteiger partial charge is 0.235 e. The second-order valence-corrected chi connectivity index (χ2v) is 5.77. The molecule has 1 amide bonds. The Hall–Kier alpha value is -3.11. The van der Waals surface area contributed by atoms with Crippen LogP contribution in [0, 0.1) is 11.3 Å². The molecule has 2 aromatic heterocycles. The topological polar surface area (TPSA) is 83.6 Å². The zero-order valence-corrected chi connectivity index (χ0v) is 13.4. The van der Waals surface area contributed by atoms with Gasteiger partial charge in [-0.25, -0.2) is 9.67 Å². The molecule has 0 aliphatic rings. The van der Waals surface area contributed by atoms with Gasteiger partial charge in [0.1, 0.15) is 11.6 Å². The zero-order valence-electron chi connectivity index (χ0n) is 12.6. The Labute approximate surface area is 143 Å². The van der Waals surface area contributed by atoms with Gasteiger partial charge in [-0.1, -0.05) is 36.0 Å². The standard InChI is InChI=1S/C17H13N5OS/c18-10-13-11-20-22(14-6-2-1-3-7-14)17(13)21-15(23)12-24-16-8-4-5-9-19-16/h1-9,11H,12H2,(H,21,23). The van der Waals surface area contributed by atoms with Crippen molar-refractivity contribution in [3.63, 3.8) is 0 Å². The Morgan fingerprint density at radius 2 is 2.00 bits per heavy atom. The first-order valence-corrected chi connectivity index (χ1v) is 8.13. The number of rotatable bonds is 5. The largest absolute Gasteiger partial charge is 0.309 e. The van der Waals surface area contributed by atoms with Crippen molar-refractivity contribution in [1.29, 1.82) is 5.26 Å². The van der Waals surface area contributed by atoms with Crippen molar-refractivity contribution >= 4 is 23.5 Å². The van der Waals surface area contributed by atoms with Crippen molar-refractivity contribution in [2.24, 2.45) is 0 Å². The van der Waals surface area contributed by atoms with E-state index in [1.54, 1.807) is 10.9 Å². The molecular formula is C17H13N5OS. The van der Waals surface area contributed by atoms with Crippen LogP contribution in [0.25, 0.3) is 5.69 Å². The molecule has 3 rings (SSSR count). The van der Waals surface area contributed by atoms with Crippen LogP contribution in [-0.2, 0) is 4.79 Å². The number of nitriles is 1. The summed E-state index contributed by atoms with van der Waals surface area (Å²) in [5.41, 5.74) is 1.08. The Balaban J connectivity index is 1.76. The molecule has 1 N–H and O–H groups in total. The van der Waals surface area contributed by atoms with Gasteiger partial charge in [-0.05, 0) is 24.3 Å². The number of aromatic nitrogens is 3. The van der Waals surface area contributed by atoms with Crippen LogP contribution < -0.4 is 5.32 Å². The van der Waals surface area contributed by atoms with Crippen molar-refractivity contribution < 1.29 is 4.79 Å². The van der Waals surface area contributed by atoms with Crippen LogP contribution in [0.4, 0.5) is 5.82 Å². The van der Waals surface area contributed by atoms with E-state index in [0.717, 1.165) is 10.7 Å². The summed E-state index contributed by atoms with van der Waals surface area (Å²) < 4.78 is 1.54. The van der Waals surface area contributed by atoms with Crippen molar-refractivity contribution in [2.45, 2.75) is 5.03 Å². The van der Waals surface area contributed by atoms with Crippen molar-refractivity contribution in [1.82, 2.24) is 14.8 Å². The van der Waals surface area contributed by atoms with E-state index < -0.39 is 0 Å². The second kappa shape index (κ2) is 7.44. The first-order valence-electron chi connectivity index (χ1n) is 7.15. The minimum absolute atomic E-state index is 0.196. The van der Waals surface area contributed by atoms with Crippen LogP contribution in [0.15, 0.2) is 66.0 Å². The van der Waals surface area contributed by atoms with E-state index in [2.05, 4.69) is 15.4 Å². The van der Waals surface area contributed by atoms with Gasteiger partial charge >= 0.3 is 0 Å². The summed E-state index contributed by atoms with van der Waals surface area (Å²) in [4.78, 5) is 16.4. The molecule has 3 aromatic rings. The highest BCUT2D eigenvalue weighted by Crippen LogP contribution is 2.20. The highest BCUT2D eigenvalue weighted by molar-refractivity contribution is 7.99. The number of amides is 1. The molecular weight excluding hydrogens is 322 g/mol. The number of nitrogens with one attached hydrogen (secondary N) is 1. The number of anilines is 1. The second-order valence-electron chi connectivity index (χ2n) is 4.77. The number of nitrogens with zero attached hydrogens (tertiary/aromatic N) is 4. The normalized spacial score (nSPS) is 10.1. The van der Waals surface area contributed by atoms with Gasteiger partial charge in [0.15, 0.2) is 5.82 Å². The number of para-hydroxylation sites is 1. The third-order valence-electron chi connectivity index (χ3n) is 3.14. The summed E-state index contributed by atoms with van der Waals surface area (Å²) in [5, 5.41) is 17.0. The Kier molecular flexibility index (Phi) is 4.89. The molecule has 24 heavy (non-hydrogen) atoms. The molecule has 0 aliphatic carbocycles. The number of hydrogen-bond acceptors (Lipinski definition) is 5. The monoisotopic (exact) mass is 335 g/mol. The third kappa shape index (κ3) is 3.62. The van der Waals surface area contributed by atoms with Gasteiger partial charge < -0.3 is 5.32 Å². The maximum absolute atomic E-state index is 12.2. The molecule has 2 heterocycles. The van der Waals surface area contributed by atoms with Crippen molar-refractivity contribution in [3.05, 3.63) is 66.5 Å². The average molecular weight is 335 g/mol. The highest BCUT2D eigenvalue weighted by Gasteiger charge is 2.15. The van der Waals surface area contributed by atoms with Crippen LogP contribution >= 0.6 is 11.8 Å². The van der Waals surface area contributed by atoms with Gasteiger partial charge in [-0.3, -0.25) is 4.79 Å². The van der Waals surface area contributed by atoms with E-state index in [-0.39, 0.29) is 11.7 Å². The van der Waals surface area contributed by atoms with E-state index in [4.69, 9.17) is 0 Å². The fourth-order valence-corrected chi connectivity index (χ4v) is 2.72. The number of carbonyl (C=O) groups excluding carboxylic acids is 1. The van der Waals surface area contributed by atoms with E-state index in [1.807, 2.05) is 54.6 Å². The van der Waals surface area contributed by atoms with E-state index in [9.17, 15) is 10.1 Å². The van der Waals surface area contributed by atoms with Crippen LogP contribution in [0.5, 0.6) is 0 Å². The van der Waals surface area contributed by atoms with Gasteiger partial charge in [0, 0.05) is 6.20 Å². The Morgan fingerprint density at radius 3 is 2.71 bits per heavy atom. The number of benzene rings is 1. The minimum atomic E-state index is -0.222. The third-order valence-corrected chi connectivity index (χ3v) is 4.08. The molecule has 0 bridgehead atoms. The summed E-state index contributed by atoms with van der Waals surface area (Å²) >= 11 is 1.33. The molecule has 7 heteroatoms. The summed E-state index contributed by atoms with van der Waals surface area (Å²) in [5.74, 6) is 0.345. The quantitative estimate of drug-likeness (QED) is 0.725. The SMILES string of the molecule is N#Cc1cnn(-c2ccccc2)c1NC(=O)CSc1ccccn1. The van der Waals surface area contributed by atoms with Gasteiger partial charge in [0.05, 0.1) is 22.7 Å². The predicted molar refractivity (Wildman–Crippen MR) is 91.9 cm³/mol. The molecule has 0 saturated heterocycles. The number of carbonyl (C=O) groups is 1. The molecule has 0 saturated carbocycles. The first kappa shape index (κ1) is 15.8. The van der Waals surface area contributed by atoms with Crippen molar-refractivity contribution in [3.8, 4) is 11.8 Å². The van der Waals surface area contributed by atoms with E-state index in [1.165, 1.54) is 18.0 Å². The lowest BCUT2D eigenvalue weighted by Gasteiger charge is -2.09. The van der Waals surface area contributed by atoms with Crippen LogP contribution in [0.2, 0.25) is 0 Å². The summed E-state index contributed by atoms with van der Waals surface area (Å²) in [6.07, 6.45) is 3.12. The van der Waals surface area contributed by atoms with E-state index in [0.29, 0.717) is 11.4 Å². The molecule has 0 spiro atoms. The van der Waals surface area contributed by atoms with Crippen LogP contribution in [0.3, 0.4) is 0 Å². The number of pyridine rings is 1. The number of hydrogen-bond donors (Lipinski definition) is 1. The predicted octanol–water partition coefficient (Wildman–Crippen LogP) is 2.87. The van der Waals surface area contributed by atoms with E-state index >= 15 is 0 Å². The summed E-state index contributed by atoms with van der Waals surface area (Å²) in [7, 11) is 0. The molecule has 0 fully saturated rings. The Morgan fingerprint density at radius 1 is 1.21 bits per heavy atom. The van der Waals surface area contributed by atoms with Gasteiger partial charge in [0.25, 0.3) is 0 Å². The lowest BCUT2D eigenvalue weighted by molar-refractivity contribution is -0.113. The molecule has 0 radical (unpaired) electrons. The molecule has 1 aromatic carbocycles. The van der Waals surface area contributed by atoms with Gasteiger partial charge in [0.2, 0.25) is 5.91 Å². The molecule has 0 aliphatic heterocycles. The van der Waals surface area contributed by atoms with Crippen molar-refractivity contribution in [2.75, 3.05) is 11.1 Å². The summed E-state index contributed by atoms with van der Waals surface area (Å²) in [6, 6.07) is 16.9. The molecule has 118 valence electrons. The average Bonchev–Trinajstić information content (AvgIpc) is 3.04. The fraction of sp³-hybridized carbons (Fsp3) is 0.0588. The molecule has 6 nitrogen and oxygen atoms in total. The van der Waals surface area contributed by atoms with Crippen LogP contribution in [0.1, 0.15) is 5.56 Å². The fourth-order valence-electron chi connectivity index (χ4n) is 2.06. The first-order chi connectivity index (χ1) is 11.8. The zero-order chi connectivity index (χ0) is 16.8. The summed E-state index contributed by atoms with van der Waals surface area (Å²) in [6.45, 7) is 0. The molecule has 0 atom stereocenters. The van der Waals surface area contributed by atoms with Gasteiger partial charge in [-0.2, -0.15) is 10.4 Å². The minimum Gasteiger partial charge on any atom is -0.309 e.